The molecule has 0 bridgehead atoms. The fourth-order valence-corrected chi connectivity index (χ4v) is 4.03. The second-order valence-corrected chi connectivity index (χ2v) is 8.17. The van der Waals surface area contributed by atoms with Gasteiger partial charge in [0.1, 0.15) is 17.9 Å². The van der Waals surface area contributed by atoms with Crippen LogP contribution in [0.25, 0.3) is 0 Å². The topological polar surface area (TPSA) is 108 Å². The number of nitro groups is 1. The largest absolute Gasteiger partial charge is 0.466 e. The van der Waals surface area contributed by atoms with Crippen LogP contribution in [-0.2, 0) is 16.0 Å². The number of rotatable bonds is 8. The molecule has 1 aliphatic rings. The Morgan fingerprint density at radius 1 is 1.09 bits per heavy atom. The van der Waals surface area contributed by atoms with Crippen molar-refractivity contribution in [3.63, 3.8) is 0 Å². The van der Waals surface area contributed by atoms with Gasteiger partial charge in [-0.25, -0.2) is 9.37 Å². The van der Waals surface area contributed by atoms with E-state index in [0.717, 1.165) is 11.1 Å². The third kappa shape index (κ3) is 5.89. The molecular formula is C25H25FN4O5. The Bertz CT molecular complexity index is 1180. The standard InChI is InChI=1S/C25H25FN4O5/c1-2-34-25(31)19-11-13-29(14-12-19)23-22(30(32)33)24(28-16-27-23)35-21-9-5-18(6-10-21)15-17-3-7-20(26)8-4-17/h3-10,16,19H,2,11-15H2,1H3. The number of aromatic nitrogens is 2. The molecule has 2 heterocycles. The van der Waals surface area contributed by atoms with Gasteiger partial charge in [0, 0.05) is 13.1 Å². The van der Waals surface area contributed by atoms with Crippen molar-refractivity contribution in [2.75, 3.05) is 24.6 Å². The lowest BCUT2D eigenvalue weighted by Gasteiger charge is -2.31. The normalized spacial score (nSPS) is 13.9. The maximum Gasteiger partial charge on any atom is 0.373 e. The van der Waals surface area contributed by atoms with E-state index in [2.05, 4.69) is 9.97 Å². The Balaban J connectivity index is 1.47. The third-order valence-electron chi connectivity index (χ3n) is 5.83. The number of piperidine rings is 1. The summed E-state index contributed by atoms with van der Waals surface area (Å²) in [5.41, 5.74) is 1.62. The van der Waals surface area contributed by atoms with Crippen LogP contribution in [0.1, 0.15) is 30.9 Å². The van der Waals surface area contributed by atoms with Crippen molar-refractivity contribution in [1.82, 2.24) is 9.97 Å². The number of hydrogen-bond acceptors (Lipinski definition) is 8. The molecule has 1 aliphatic heterocycles. The number of benzene rings is 2. The molecule has 0 amide bonds. The van der Waals surface area contributed by atoms with Crippen molar-refractivity contribution in [2.24, 2.45) is 5.92 Å². The molecule has 0 spiro atoms. The molecule has 0 atom stereocenters. The molecular weight excluding hydrogens is 455 g/mol. The molecule has 1 saturated heterocycles. The molecule has 4 rings (SSSR count). The van der Waals surface area contributed by atoms with Gasteiger partial charge < -0.3 is 14.4 Å². The zero-order valence-corrected chi connectivity index (χ0v) is 19.2. The predicted molar refractivity (Wildman–Crippen MR) is 126 cm³/mol. The molecule has 0 unspecified atom stereocenters. The first kappa shape index (κ1) is 24.1. The number of carbonyl (C=O) groups is 1. The average molecular weight is 480 g/mol. The van der Waals surface area contributed by atoms with E-state index >= 15 is 0 Å². The predicted octanol–water partition coefficient (Wildman–Crippen LogP) is 4.69. The van der Waals surface area contributed by atoms with Crippen molar-refractivity contribution in [3.05, 3.63) is 81.9 Å². The average Bonchev–Trinajstić information content (AvgIpc) is 2.86. The first-order valence-electron chi connectivity index (χ1n) is 11.4. The lowest BCUT2D eigenvalue weighted by molar-refractivity contribution is -0.385. The number of esters is 1. The Morgan fingerprint density at radius 2 is 1.71 bits per heavy atom. The molecule has 2 aromatic carbocycles. The Hall–Kier alpha value is -4.08. The molecule has 0 saturated carbocycles. The van der Waals surface area contributed by atoms with E-state index in [-0.39, 0.29) is 35.1 Å². The van der Waals surface area contributed by atoms with Gasteiger partial charge >= 0.3 is 17.5 Å². The highest BCUT2D eigenvalue weighted by Gasteiger charge is 2.33. The maximum atomic E-state index is 13.1. The highest BCUT2D eigenvalue weighted by molar-refractivity contribution is 5.73. The second kappa shape index (κ2) is 10.9. The molecule has 0 radical (unpaired) electrons. The lowest BCUT2D eigenvalue weighted by atomic mass is 9.97. The van der Waals surface area contributed by atoms with Gasteiger partial charge in [0.25, 0.3) is 0 Å². The first-order valence-corrected chi connectivity index (χ1v) is 11.4. The minimum atomic E-state index is -0.551. The molecule has 1 fully saturated rings. The minimum Gasteiger partial charge on any atom is -0.466 e. The lowest BCUT2D eigenvalue weighted by Crippen LogP contribution is -2.37. The molecule has 182 valence electrons. The maximum absolute atomic E-state index is 13.1. The zero-order chi connectivity index (χ0) is 24.8. The van der Waals surface area contributed by atoms with Crippen LogP contribution in [0.5, 0.6) is 11.6 Å². The number of halogens is 1. The SMILES string of the molecule is CCOC(=O)C1CCN(c2ncnc(Oc3ccc(Cc4ccc(F)cc4)cc3)c2[N+](=O)[O-])CC1. The summed E-state index contributed by atoms with van der Waals surface area (Å²) in [4.78, 5) is 33.3. The Kier molecular flexibility index (Phi) is 7.49. The Morgan fingerprint density at radius 3 is 2.31 bits per heavy atom. The van der Waals surface area contributed by atoms with Crippen LogP contribution in [0.3, 0.4) is 0 Å². The summed E-state index contributed by atoms with van der Waals surface area (Å²) in [6.45, 7) is 2.94. The molecule has 9 nitrogen and oxygen atoms in total. The van der Waals surface area contributed by atoms with Crippen LogP contribution in [0.4, 0.5) is 15.9 Å². The monoisotopic (exact) mass is 480 g/mol. The molecule has 0 N–H and O–H groups in total. The third-order valence-corrected chi connectivity index (χ3v) is 5.83. The van der Waals surface area contributed by atoms with Crippen molar-refractivity contribution in [1.29, 1.82) is 0 Å². The van der Waals surface area contributed by atoms with Gasteiger partial charge in [0.2, 0.25) is 5.82 Å². The van der Waals surface area contributed by atoms with Crippen molar-refractivity contribution in [3.8, 4) is 11.6 Å². The molecule has 10 heteroatoms. The highest BCUT2D eigenvalue weighted by atomic mass is 19.1. The van der Waals surface area contributed by atoms with E-state index in [1.165, 1.54) is 18.5 Å². The van der Waals surface area contributed by atoms with Gasteiger partial charge in [0.05, 0.1) is 17.4 Å². The van der Waals surface area contributed by atoms with Gasteiger partial charge in [-0.1, -0.05) is 24.3 Å². The van der Waals surface area contributed by atoms with Crippen LogP contribution < -0.4 is 9.64 Å². The van der Waals surface area contributed by atoms with Gasteiger partial charge in [-0.15, -0.1) is 0 Å². The second-order valence-electron chi connectivity index (χ2n) is 8.17. The van der Waals surface area contributed by atoms with Gasteiger partial charge in [-0.05, 0) is 61.6 Å². The quantitative estimate of drug-likeness (QED) is 0.260. The fourth-order valence-electron chi connectivity index (χ4n) is 4.03. The van der Waals surface area contributed by atoms with Crippen molar-refractivity contribution >= 4 is 17.5 Å². The van der Waals surface area contributed by atoms with Gasteiger partial charge in [-0.3, -0.25) is 14.9 Å². The van der Waals surface area contributed by atoms with E-state index in [1.54, 1.807) is 36.1 Å². The number of anilines is 1. The summed E-state index contributed by atoms with van der Waals surface area (Å²) >= 11 is 0. The summed E-state index contributed by atoms with van der Waals surface area (Å²) < 4.78 is 24.0. The van der Waals surface area contributed by atoms with Crippen LogP contribution in [0.15, 0.2) is 54.9 Å². The summed E-state index contributed by atoms with van der Waals surface area (Å²) in [5, 5.41) is 11.9. The molecule has 1 aromatic heterocycles. The number of ether oxygens (including phenoxy) is 2. The molecule has 3 aromatic rings. The van der Waals surface area contributed by atoms with Gasteiger partial charge in [0.15, 0.2) is 0 Å². The molecule has 0 aliphatic carbocycles. The summed E-state index contributed by atoms with van der Waals surface area (Å²) in [5.74, 6) is -0.352. The van der Waals surface area contributed by atoms with E-state index in [1.807, 2.05) is 12.1 Å². The molecule has 35 heavy (non-hydrogen) atoms. The summed E-state index contributed by atoms with van der Waals surface area (Å²) in [6, 6.07) is 13.4. The van der Waals surface area contributed by atoms with Crippen molar-refractivity contribution < 1.29 is 23.6 Å². The Labute approximate surface area is 201 Å². The number of carbonyl (C=O) groups excluding carboxylic acids is 1. The highest BCUT2D eigenvalue weighted by Crippen LogP contribution is 2.37. The fraction of sp³-hybridized carbons (Fsp3) is 0.320. The number of hydrogen-bond donors (Lipinski definition) is 0. The van der Waals surface area contributed by atoms with E-state index < -0.39 is 4.92 Å². The van der Waals surface area contributed by atoms with Crippen LogP contribution >= 0.6 is 0 Å². The van der Waals surface area contributed by atoms with Crippen molar-refractivity contribution in [2.45, 2.75) is 26.2 Å². The van der Waals surface area contributed by atoms with E-state index in [0.29, 0.717) is 44.7 Å². The summed E-state index contributed by atoms with van der Waals surface area (Å²) in [7, 11) is 0. The minimum absolute atomic E-state index is 0.154. The zero-order valence-electron chi connectivity index (χ0n) is 19.2. The van der Waals surface area contributed by atoms with E-state index in [9.17, 15) is 19.3 Å². The van der Waals surface area contributed by atoms with Gasteiger partial charge in [-0.2, -0.15) is 4.98 Å². The smallest absolute Gasteiger partial charge is 0.373 e. The van der Waals surface area contributed by atoms with Crippen LogP contribution in [0, 0.1) is 21.8 Å². The first-order chi connectivity index (χ1) is 16.9. The van der Waals surface area contributed by atoms with Crippen LogP contribution in [0.2, 0.25) is 0 Å². The number of nitrogens with zero attached hydrogens (tertiary/aromatic N) is 4. The van der Waals surface area contributed by atoms with Crippen LogP contribution in [-0.4, -0.2) is 40.6 Å². The van der Waals surface area contributed by atoms with E-state index in [4.69, 9.17) is 9.47 Å². The summed E-state index contributed by atoms with van der Waals surface area (Å²) in [6.07, 6.45) is 2.88.